The van der Waals surface area contributed by atoms with E-state index in [1.165, 1.54) is 5.56 Å². The number of halogens is 1. The zero-order chi connectivity index (χ0) is 13.5. The van der Waals surface area contributed by atoms with E-state index >= 15 is 0 Å². The zero-order valence-corrected chi connectivity index (χ0v) is 13.0. The molecule has 0 saturated heterocycles. The van der Waals surface area contributed by atoms with E-state index in [1.54, 1.807) is 0 Å². The van der Waals surface area contributed by atoms with Gasteiger partial charge >= 0.3 is 0 Å². The van der Waals surface area contributed by atoms with Crippen molar-refractivity contribution in [1.29, 1.82) is 0 Å². The van der Waals surface area contributed by atoms with Gasteiger partial charge in [0.25, 0.3) is 0 Å². The van der Waals surface area contributed by atoms with Crippen molar-refractivity contribution in [3.63, 3.8) is 0 Å². The molecule has 0 fully saturated rings. The summed E-state index contributed by atoms with van der Waals surface area (Å²) in [6.07, 6.45) is 3.77. The fourth-order valence-electron chi connectivity index (χ4n) is 1.80. The summed E-state index contributed by atoms with van der Waals surface area (Å²) in [5.74, 6) is 1.04. The molecule has 4 heteroatoms. The van der Waals surface area contributed by atoms with Gasteiger partial charge in [0.2, 0.25) is 0 Å². The third-order valence-corrected chi connectivity index (χ3v) is 3.13. The van der Waals surface area contributed by atoms with Crippen LogP contribution in [0.3, 0.4) is 0 Å². The van der Waals surface area contributed by atoms with E-state index in [0.717, 1.165) is 29.9 Å². The van der Waals surface area contributed by atoms with E-state index in [9.17, 15) is 0 Å². The third kappa shape index (κ3) is 4.10. The van der Waals surface area contributed by atoms with Crippen LogP contribution >= 0.6 is 15.9 Å². The molecule has 1 heterocycles. The second-order valence-electron chi connectivity index (χ2n) is 4.45. The highest BCUT2D eigenvalue weighted by Crippen LogP contribution is 2.23. The maximum absolute atomic E-state index is 4.56. The highest BCUT2D eigenvalue weighted by molar-refractivity contribution is 9.10. The minimum absolute atomic E-state index is 0.400. The van der Waals surface area contributed by atoms with Gasteiger partial charge < -0.3 is 10.2 Å². The van der Waals surface area contributed by atoms with E-state index < -0.39 is 0 Å². The Morgan fingerprint density at radius 3 is 2.83 bits per heavy atom. The summed E-state index contributed by atoms with van der Waals surface area (Å²) in [5, 5.41) is 3.35. The molecule has 3 nitrogen and oxygen atoms in total. The molecule has 0 saturated carbocycles. The number of nitrogens with zero attached hydrogens (tertiary/aromatic N) is 2. The van der Waals surface area contributed by atoms with E-state index in [2.05, 4.69) is 64.5 Å². The Balaban J connectivity index is 3.06. The van der Waals surface area contributed by atoms with Crippen LogP contribution in [0.4, 0.5) is 5.82 Å². The highest BCUT2D eigenvalue weighted by Gasteiger charge is 2.14. The van der Waals surface area contributed by atoms with E-state index in [4.69, 9.17) is 0 Å². The highest BCUT2D eigenvalue weighted by atomic mass is 79.9. The van der Waals surface area contributed by atoms with Gasteiger partial charge in [-0.25, -0.2) is 4.98 Å². The van der Waals surface area contributed by atoms with Gasteiger partial charge in [0, 0.05) is 35.4 Å². The molecule has 0 spiro atoms. The first-order valence-electron chi connectivity index (χ1n) is 6.32. The van der Waals surface area contributed by atoms with Crippen molar-refractivity contribution in [1.82, 2.24) is 10.3 Å². The molecule has 0 radical (unpaired) electrons. The fraction of sp³-hybridized carbons (Fsp3) is 0.500. The van der Waals surface area contributed by atoms with Gasteiger partial charge in [0.1, 0.15) is 5.82 Å². The Morgan fingerprint density at radius 2 is 2.28 bits per heavy atom. The number of hydrogen-bond acceptors (Lipinski definition) is 3. The smallest absolute Gasteiger partial charge is 0.133 e. The molecule has 1 N–H and O–H groups in total. The Kier molecular flexibility index (Phi) is 6.36. The maximum atomic E-state index is 4.56. The van der Waals surface area contributed by atoms with Gasteiger partial charge in [0.05, 0.1) is 0 Å². The van der Waals surface area contributed by atoms with E-state index in [-0.39, 0.29) is 0 Å². The molecule has 0 bridgehead atoms. The van der Waals surface area contributed by atoms with Crippen molar-refractivity contribution >= 4 is 21.7 Å². The summed E-state index contributed by atoms with van der Waals surface area (Å²) in [6.45, 7) is 12.9. The lowest BCUT2D eigenvalue weighted by Crippen LogP contribution is -2.33. The first kappa shape index (κ1) is 15.2. The quantitative estimate of drug-likeness (QED) is 0.783. The molecule has 0 atom stereocenters. The Hall–Kier alpha value is -0.870. The van der Waals surface area contributed by atoms with Gasteiger partial charge in [-0.15, -0.1) is 6.58 Å². The molecule has 18 heavy (non-hydrogen) atoms. The van der Waals surface area contributed by atoms with E-state index in [0.29, 0.717) is 6.04 Å². The topological polar surface area (TPSA) is 28.2 Å². The van der Waals surface area contributed by atoms with Gasteiger partial charge in [-0.3, -0.25) is 0 Å². The second kappa shape index (κ2) is 7.54. The first-order chi connectivity index (χ1) is 8.60. The number of hydrogen-bond donors (Lipinski definition) is 1. The normalized spacial score (nSPS) is 10.7. The summed E-state index contributed by atoms with van der Waals surface area (Å²) in [7, 11) is 0. The summed E-state index contributed by atoms with van der Waals surface area (Å²) in [4.78, 5) is 6.82. The molecule has 0 amide bonds. The van der Waals surface area contributed by atoms with Crippen molar-refractivity contribution in [2.45, 2.75) is 33.4 Å². The average molecular weight is 312 g/mol. The number of rotatable bonds is 7. The molecule has 1 rings (SSSR count). The zero-order valence-electron chi connectivity index (χ0n) is 11.4. The number of aromatic nitrogens is 1. The average Bonchev–Trinajstić information content (AvgIpc) is 2.34. The van der Waals surface area contributed by atoms with Crippen LogP contribution in [-0.4, -0.2) is 24.1 Å². The van der Waals surface area contributed by atoms with Gasteiger partial charge in [-0.05, 0) is 42.4 Å². The molecule has 0 aliphatic carbocycles. The molecule has 0 aromatic carbocycles. The van der Waals surface area contributed by atoms with Crippen molar-refractivity contribution in [3.05, 3.63) is 35.0 Å². The minimum Gasteiger partial charge on any atom is -0.350 e. The van der Waals surface area contributed by atoms with Gasteiger partial charge in [-0.2, -0.15) is 0 Å². The van der Waals surface area contributed by atoms with Gasteiger partial charge in [-0.1, -0.05) is 13.0 Å². The molecule has 100 valence electrons. The van der Waals surface area contributed by atoms with Crippen LogP contribution in [0.25, 0.3) is 0 Å². The van der Waals surface area contributed by atoms with Crippen LogP contribution in [0, 0.1) is 0 Å². The lowest BCUT2D eigenvalue weighted by molar-refractivity contribution is 0.685. The number of nitrogens with one attached hydrogen (secondary N) is 1. The SMILES string of the molecule is C=CCN(c1ncc(Br)cc1CNCC)C(C)C. The molecule has 1 aromatic heterocycles. The molecule has 1 aromatic rings. The van der Waals surface area contributed by atoms with Crippen molar-refractivity contribution < 1.29 is 0 Å². The second-order valence-corrected chi connectivity index (χ2v) is 5.37. The van der Waals surface area contributed by atoms with Crippen LogP contribution in [-0.2, 0) is 6.54 Å². The standard InChI is InChI=1S/C14H22BrN3/c1-5-7-18(11(3)4)14-12(9-16-6-2)8-13(15)10-17-14/h5,8,10-11,16H,1,6-7,9H2,2-4H3. The van der Waals surface area contributed by atoms with Crippen LogP contribution in [0.5, 0.6) is 0 Å². The Morgan fingerprint density at radius 1 is 1.56 bits per heavy atom. The lowest BCUT2D eigenvalue weighted by Gasteiger charge is -2.28. The molecule has 0 aliphatic heterocycles. The summed E-state index contributed by atoms with van der Waals surface area (Å²) in [6, 6.07) is 2.53. The Labute approximate surface area is 118 Å². The van der Waals surface area contributed by atoms with Crippen molar-refractivity contribution in [2.24, 2.45) is 0 Å². The van der Waals surface area contributed by atoms with Crippen molar-refractivity contribution in [3.8, 4) is 0 Å². The minimum atomic E-state index is 0.400. The van der Waals surface area contributed by atoms with Crippen LogP contribution in [0.1, 0.15) is 26.3 Å². The van der Waals surface area contributed by atoms with Crippen LogP contribution in [0.15, 0.2) is 29.4 Å². The summed E-state index contributed by atoms with van der Waals surface area (Å²) in [5.41, 5.74) is 1.21. The fourth-order valence-corrected chi connectivity index (χ4v) is 2.18. The van der Waals surface area contributed by atoms with Crippen molar-refractivity contribution in [2.75, 3.05) is 18.0 Å². The molecule has 0 unspecified atom stereocenters. The van der Waals surface area contributed by atoms with Crippen LogP contribution in [0.2, 0.25) is 0 Å². The molecular formula is C14H22BrN3. The molecule has 0 aliphatic rings. The third-order valence-electron chi connectivity index (χ3n) is 2.70. The number of anilines is 1. The van der Waals surface area contributed by atoms with Crippen LogP contribution < -0.4 is 10.2 Å². The summed E-state index contributed by atoms with van der Waals surface area (Å²) < 4.78 is 1.02. The van der Waals surface area contributed by atoms with E-state index in [1.807, 2.05) is 12.3 Å². The predicted octanol–water partition coefficient (Wildman–Crippen LogP) is 3.35. The first-order valence-corrected chi connectivity index (χ1v) is 7.12. The Bertz CT molecular complexity index is 391. The number of pyridine rings is 1. The molecular weight excluding hydrogens is 290 g/mol. The van der Waals surface area contributed by atoms with Gasteiger partial charge in [0.15, 0.2) is 0 Å². The largest absolute Gasteiger partial charge is 0.350 e. The monoisotopic (exact) mass is 311 g/mol. The summed E-state index contributed by atoms with van der Waals surface area (Å²) >= 11 is 3.48. The maximum Gasteiger partial charge on any atom is 0.133 e. The lowest BCUT2D eigenvalue weighted by atomic mass is 10.2. The predicted molar refractivity (Wildman–Crippen MR) is 82.0 cm³/mol.